The largest absolute Gasteiger partial charge is 0.481 e. The number of ketones is 1. The van der Waals surface area contributed by atoms with Gasteiger partial charge in [-0.25, -0.2) is 0 Å². The van der Waals surface area contributed by atoms with Crippen LogP contribution in [0.4, 0.5) is 11.4 Å². The summed E-state index contributed by atoms with van der Waals surface area (Å²) in [6.45, 7) is 2.31. The molecule has 1 amide bonds. The molecule has 1 aliphatic heterocycles. The maximum Gasteiger partial charge on any atom is 0.303 e. The fourth-order valence-corrected chi connectivity index (χ4v) is 4.21. The van der Waals surface area contributed by atoms with E-state index >= 15 is 0 Å². The number of carbonyl (C=O) groups is 3. The van der Waals surface area contributed by atoms with Gasteiger partial charge < -0.3 is 20.6 Å². The van der Waals surface area contributed by atoms with Crippen LogP contribution in [0.25, 0.3) is 11.3 Å². The minimum Gasteiger partial charge on any atom is -0.481 e. The van der Waals surface area contributed by atoms with Crippen molar-refractivity contribution in [2.45, 2.75) is 26.3 Å². The van der Waals surface area contributed by atoms with Crippen LogP contribution >= 0.6 is 0 Å². The van der Waals surface area contributed by atoms with Crippen LogP contribution in [-0.4, -0.2) is 41.8 Å². The number of carboxylic acid groups (broad SMARTS) is 1. The van der Waals surface area contributed by atoms with Crippen molar-refractivity contribution in [3.05, 3.63) is 94.5 Å². The lowest BCUT2D eigenvalue weighted by Crippen LogP contribution is -2.11. The number of carboxylic acids is 1. The second kappa shape index (κ2) is 10.6. The maximum atomic E-state index is 13.2. The zero-order valence-corrected chi connectivity index (χ0v) is 20.6. The third-order valence-corrected chi connectivity index (χ3v) is 6.01. The van der Waals surface area contributed by atoms with Gasteiger partial charge in [-0.05, 0) is 74.5 Å². The van der Waals surface area contributed by atoms with Gasteiger partial charge in [-0.1, -0.05) is 36.4 Å². The Kier molecular flexibility index (Phi) is 7.31. The number of rotatable bonds is 9. The molecular formula is C29H29N3O4. The summed E-state index contributed by atoms with van der Waals surface area (Å²) < 4.78 is 0. The predicted octanol–water partition coefficient (Wildman–Crippen LogP) is 4.90. The third-order valence-electron chi connectivity index (χ3n) is 6.01. The number of nitrogens with zero attached hydrogens (tertiary/aromatic N) is 1. The Bertz CT molecular complexity index is 1340. The highest BCUT2D eigenvalue weighted by Crippen LogP contribution is 2.38. The van der Waals surface area contributed by atoms with Gasteiger partial charge in [0.15, 0.2) is 5.78 Å². The van der Waals surface area contributed by atoms with Gasteiger partial charge in [0.05, 0.1) is 11.3 Å². The van der Waals surface area contributed by atoms with E-state index in [1.54, 1.807) is 18.2 Å². The molecular weight excluding hydrogens is 454 g/mol. The highest BCUT2D eigenvalue weighted by molar-refractivity contribution is 6.37. The number of aliphatic carboxylic acids is 1. The van der Waals surface area contributed by atoms with E-state index in [4.69, 9.17) is 5.11 Å². The molecule has 0 aromatic heterocycles. The number of aryl methyl sites for hydroxylation is 1. The molecule has 1 heterocycles. The van der Waals surface area contributed by atoms with Gasteiger partial charge in [0.2, 0.25) is 0 Å². The van der Waals surface area contributed by atoms with E-state index in [1.165, 1.54) is 6.92 Å². The first-order chi connectivity index (χ1) is 17.2. The van der Waals surface area contributed by atoms with E-state index in [1.807, 2.05) is 62.6 Å². The van der Waals surface area contributed by atoms with Crippen molar-refractivity contribution in [3.63, 3.8) is 0 Å². The summed E-state index contributed by atoms with van der Waals surface area (Å²) in [5.74, 6) is -1.18. The lowest BCUT2D eigenvalue weighted by Gasteiger charge is -2.16. The maximum absolute atomic E-state index is 13.2. The third kappa shape index (κ3) is 5.70. The molecule has 1 aliphatic rings. The number of benzene rings is 3. The Morgan fingerprint density at radius 1 is 0.917 bits per heavy atom. The molecule has 36 heavy (non-hydrogen) atoms. The number of carbonyl (C=O) groups excluding carboxylic acids is 2. The molecule has 0 saturated carbocycles. The van der Waals surface area contributed by atoms with Crippen LogP contribution < -0.4 is 10.6 Å². The molecule has 3 N–H and O–H groups in total. The zero-order chi connectivity index (χ0) is 25.8. The lowest BCUT2D eigenvalue weighted by atomic mass is 9.96. The fourth-order valence-electron chi connectivity index (χ4n) is 4.21. The summed E-state index contributed by atoms with van der Waals surface area (Å²) in [6.07, 6.45) is 0.474. The van der Waals surface area contributed by atoms with Gasteiger partial charge in [0.25, 0.3) is 5.91 Å². The number of Topliss-reactive ketones (excluding diaryl/α,β-unsaturated/α-hetero) is 1. The monoisotopic (exact) mass is 483 g/mol. The quantitative estimate of drug-likeness (QED) is 0.296. The lowest BCUT2D eigenvalue weighted by molar-refractivity contribution is -0.137. The molecule has 3 aromatic rings. The van der Waals surface area contributed by atoms with Crippen molar-refractivity contribution in [2.24, 2.45) is 0 Å². The van der Waals surface area contributed by atoms with E-state index in [0.29, 0.717) is 34.5 Å². The number of amides is 1. The summed E-state index contributed by atoms with van der Waals surface area (Å²) >= 11 is 0. The standard InChI is InChI=1S/C29H29N3O4/c1-18(33)22-11-14-25-24(16-22)27(29(36)31-25)28(21-9-4-19(5-10-21)8-15-26(34)35)30-23-12-6-20(7-13-23)17-32(2)3/h4-7,9-14,16,30H,8,15,17H2,1-3H3,(H,31,36)(H,34,35). The van der Waals surface area contributed by atoms with E-state index in [2.05, 4.69) is 15.5 Å². The summed E-state index contributed by atoms with van der Waals surface area (Å²) in [6, 6.07) is 20.7. The van der Waals surface area contributed by atoms with Crippen LogP contribution in [0, 0.1) is 0 Å². The highest BCUT2D eigenvalue weighted by Gasteiger charge is 2.29. The van der Waals surface area contributed by atoms with Crippen molar-refractivity contribution >= 4 is 40.3 Å². The predicted molar refractivity (Wildman–Crippen MR) is 142 cm³/mol. The van der Waals surface area contributed by atoms with E-state index < -0.39 is 5.97 Å². The first kappa shape index (κ1) is 24.9. The average Bonchev–Trinajstić information content (AvgIpc) is 3.17. The van der Waals surface area contributed by atoms with Crippen molar-refractivity contribution < 1.29 is 19.5 Å². The fraction of sp³-hybridized carbons (Fsp3) is 0.207. The van der Waals surface area contributed by atoms with Gasteiger partial charge in [-0.15, -0.1) is 0 Å². The molecule has 3 aromatic carbocycles. The Labute approximate surface area is 210 Å². The number of hydrogen-bond donors (Lipinski definition) is 3. The van der Waals surface area contributed by atoms with Gasteiger partial charge in [-0.3, -0.25) is 14.4 Å². The molecule has 7 heteroatoms. The average molecular weight is 484 g/mol. The number of fused-ring (bicyclic) bond motifs is 1. The first-order valence-corrected chi connectivity index (χ1v) is 11.7. The van der Waals surface area contributed by atoms with Crippen molar-refractivity contribution in [3.8, 4) is 0 Å². The second-order valence-corrected chi connectivity index (χ2v) is 9.17. The number of hydrogen-bond acceptors (Lipinski definition) is 5. The van der Waals surface area contributed by atoms with Gasteiger partial charge >= 0.3 is 5.97 Å². The smallest absolute Gasteiger partial charge is 0.303 e. The van der Waals surface area contributed by atoms with Crippen molar-refractivity contribution in [2.75, 3.05) is 24.7 Å². The molecule has 0 radical (unpaired) electrons. The Morgan fingerprint density at radius 3 is 2.17 bits per heavy atom. The summed E-state index contributed by atoms with van der Waals surface area (Å²) in [5, 5.41) is 15.3. The van der Waals surface area contributed by atoms with E-state index in [9.17, 15) is 14.4 Å². The Morgan fingerprint density at radius 2 is 1.56 bits per heavy atom. The van der Waals surface area contributed by atoms with Crippen LogP contribution in [-0.2, 0) is 22.6 Å². The van der Waals surface area contributed by atoms with Crippen LogP contribution in [0.15, 0.2) is 66.7 Å². The first-order valence-electron chi connectivity index (χ1n) is 11.7. The van der Waals surface area contributed by atoms with Crippen molar-refractivity contribution in [1.82, 2.24) is 4.90 Å². The number of anilines is 2. The van der Waals surface area contributed by atoms with Crippen LogP contribution in [0.2, 0.25) is 0 Å². The van der Waals surface area contributed by atoms with Gasteiger partial charge in [0.1, 0.15) is 0 Å². The summed E-state index contributed by atoms with van der Waals surface area (Å²) in [5.41, 5.74) is 6.55. The molecule has 0 saturated heterocycles. The molecule has 0 aliphatic carbocycles. The van der Waals surface area contributed by atoms with E-state index in [-0.39, 0.29) is 18.1 Å². The van der Waals surface area contributed by atoms with Crippen LogP contribution in [0.3, 0.4) is 0 Å². The second-order valence-electron chi connectivity index (χ2n) is 9.17. The molecule has 0 atom stereocenters. The number of nitrogens with one attached hydrogen (secondary N) is 2. The highest BCUT2D eigenvalue weighted by atomic mass is 16.4. The summed E-state index contributed by atoms with van der Waals surface area (Å²) in [4.78, 5) is 38.2. The molecule has 184 valence electrons. The van der Waals surface area contributed by atoms with E-state index in [0.717, 1.165) is 28.9 Å². The zero-order valence-electron chi connectivity index (χ0n) is 20.6. The van der Waals surface area contributed by atoms with Gasteiger partial charge in [0, 0.05) is 35.5 Å². The molecule has 0 fully saturated rings. The van der Waals surface area contributed by atoms with Gasteiger partial charge in [-0.2, -0.15) is 0 Å². The minimum absolute atomic E-state index is 0.0500. The molecule has 7 nitrogen and oxygen atoms in total. The summed E-state index contributed by atoms with van der Waals surface area (Å²) in [7, 11) is 4.03. The van der Waals surface area contributed by atoms with Crippen LogP contribution in [0.1, 0.15) is 46.0 Å². The topological polar surface area (TPSA) is 98.7 Å². The molecule has 0 spiro atoms. The molecule has 4 rings (SSSR count). The Hall–Kier alpha value is -4.23. The minimum atomic E-state index is -0.846. The Balaban J connectivity index is 1.78. The molecule has 0 bridgehead atoms. The SMILES string of the molecule is CC(=O)c1ccc2c(c1)C(=C(Nc1ccc(CN(C)C)cc1)c1ccc(CCC(=O)O)cc1)C(=O)N2. The van der Waals surface area contributed by atoms with Crippen LogP contribution in [0.5, 0.6) is 0 Å². The van der Waals surface area contributed by atoms with Crippen molar-refractivity contribution in [1.29, 1.82) is 0 Å². The molecule has 0 unspecified atom stereocenters. The normalized spacial score (nSPS) is 13.8.